The van der Waals surface area contributed by atoms with Crippen molar-refractivity contribution in [1.82, 2.24) is 9.80 Å². The number of benzene rings is 1. The van der Waals surface area contributed by atoms with Gasteiger partial charge in [0, 0.05) is 38.2 Å². The maximum atomic E-state index is 12.9. The molecule has 1 aromatic heterocycles. The SMILES string of the molecule is O=C(c1ccc(=O)oc1)N1CCN(C(=O)C2CC2c2ccc3c(c2)OCO3)CC1. The van der Waals surface area contributed by atoms with Gasteiger partial charge in [0.2, 0.25) is 12.7 Å². The fourth-order valence-electron chi connectivity index (χ4n) is 4.01. The molecule has 3 heterocycles. The molecule has 2 amide bonds. The molecule has 0 radical (unpaired) electrons. The van der Waals surface area contributed by atoms with Crippen LogP contribution in [0.5, 0.6) is 11.5 Å². The molecule has 0 N–H and O–H groups in total. The van der Waals surface area contributed by atoms with Gasteiger partial charge in [-0.25, -0.2) is 4.79 Å². The van der Waals surface area contributed by atoms with Gasteiger partial charge >= 0.3 is 5.63 Å². The Kier molecular flexibility index (Phi) is 4.26. The maximum Gasteiger partial charge on any atom is 0.335 e. The third-order valence-corrected chi connectivity index (χ3v) is 5.76. The first-order valence-corrected chi connectivity index (χ1v) is 9.66. The fraction of sp³-hybridized carbons (Fsp3) is 0.381. The van der Waals surface area contributed by atoms with Crippen molar-refractivity contribution in [2.45, 2.75) is 12.3 Å². The van der Waals surface area contributed by atoms with Crippen LogP contribution in [0.15, 0.2) is 45.8 Å². The van der Waals surface area contributed by atoms with Crippen LogP contribution in [0.1, 0.15) is 28.3 Å². The van der Waals surface area contributed by atoms with Crippen LogP contribution >= 0.6 is 0 Å². The Labute approximate surface area is 166 Å². The van der Waals surface area contributed by atoms with Crippen molar-refractivity contribution in [3.8, 4) is 11.5 Å². The van der Waals surface area contributed by atoms with E-state index < -0.39 is 5.63 Å². The van der Waals surface area contributed by atoms with Gasteiger partial charge in [0.25, 0.3) is 5.91 Å². The topological polar surface area (TPSA) is 89.3 Å². The summed E-state index contributed by atoms with van der Waals surface area (Å²) in [5.41, 5.74) is 0.958. The summed E-state index contributed by atoms with van der Waals surface area (Å²) in [6.45, 7) is 2.18. The summed E-state index contributed by atoms with van der Waals surface area (Å²) in [5.74, 6) is 1.64. The Morgan fingerprint density at radius 3 is 2.45 bits per heavy atom. The van der Waals surface area contributed by atoms with Gasteiger partial charge in [0.15, 0.2) is 11.5 Å². The molecule has 1 saturated carbocycles. The Morgan fingerprint density at radius 1 is 0.931 bits per heavy atom. The number of fused-ring (bicyclic) bond motifs is 1. The standard InChI is InChI=1S/C21H20N2O6/c24-19-4-2-14(11-27-19)20(25)22-5-7-23(8-6-22)21(26)16-10-15(16)13-1-3-17-18(9-13)29-12-28-17/h1-4,9,11,15-16H,5-8,10,12H2. The van der Waals surface area contributed by atoms with Crippen LogP contribution in [0, 0.1) is 5.92 Å². The lowest BCUT2D eigenvalue weighted by atomic mass is 10.1. The average Bonchev–Trinajstić information content (AvgIpc) is 3.42. The van der Waals surface area contributed by atoms with E-state index in [1.54, 1.807) is 4.90 Å². The van der Waals surface area contributed by atoms with Crippen molar-refractivity contribution >= 4 is 11.8 Å². The zero-order valence-corrected chi connectivity index (χ0v) is 15.7. The number of hydrogen-bond donors (Lipinski definition) is 0. The molecular formula is C21H20N2O6. The highest BCUT2D eigenvalue weighted by molar-refractivity contribution is 5.94. The van der Waals surface area contributed by atoms with Crippen molar-refractivity contribution in [1.29, 1.82) is 0 Å². The summed E-state index contributed by atoms with van der Waals surface area (Å²) in [7, 11) is 0. The monoisotopic (exact) mass is 396 g/mol. The Balaban J connectivity index is 1.17. The molecule has 29 heavy (non-hydrogen) atoms. The lowest BCUT2D eigenvalue weighted by Gasteiger charge is -2.35. The fourth-order valence-corrected chi connectivity index (χ4v) is 4.01. The van der Waals surface area contributed by atoms with E-state index in [1.807, 2.05) is 23.1 Å². The molecule has 8 heteroatoms. The first-order chi connectivity index (χ1) is 14.1. The van der Waals surface area contributed by atoms with Crippen molar-refractivity contribution in [2.24, 2.45) is 5.92 Å². The van der Waals surface area contributed by atoms with Gasteiger partial charge in [-0.05, 0) is 36.1 Å². The van der Waals surface area contributed by atoms with Gasteiger partial charge in [-0.1, -0.05) is 6.07 Å². The minimum absolute atomic E-state index is 0.0129. The minimum Gasteiger partial charge on any atom is -0.454 e. The second kappa shape index (κ2) is 6.95. The number of nitrogens with zero attached hydrogens (tertiary/aromatic N) is 2. The number of piperazine rings is 1. The van der Waals surface area contributed by atoms with E-state index in [2.05, 4.69) is 0 Å². The number of carbonyl (C=O) groups is 2. The third-order valence-electron chi connectivity index (χ3n) is 5.76. The lowest BCUT2D eigenvalue weighted by molar-refractivity contribution is -0.134. The van der Waals surface area contributed by atoms with Crippen LogP contribution in [-0.2, 0) is 4.79 Å². The van der Waals surface area contributed by atoms with Gasteiger partial charge in [0.05, 0.1) is 5.56 Å². The first kappa shape index (κ1) is 17.8. The van der Waals surface area contributed by atoms with Crippen molar-refractivity contribution in [3.05, 3.63) is 58.1 Å². The second-order valence-electron chi connectivity index (χ2n) is 7.52. The highest BCUT2D eigenvalue weighted by Crippen LogP contribution is 2.50. The molecule has 2 unspecified atom stereocenters. The number of ether oxygens (including phenoxy) is 2. The molecule has 2 atom stereocenters. The first-order valence-electron chi connectivity index (χ1n) is 9.66. The number of amides is 2. The van der Waals surface area contributed by atoms with Crippen molar-refractivity contribution in [3.63, 3.8) is 0 Å². The second-order valence-corrected chi connectivity index (χ2v) is 7.52. The molecule has 0 spiro atoms. The molecular weight excluding hydrogens is 376 g/mol. The van der Waals surface area contributed by atoms with Crippen LogP contribution in [0.25, 0.3) is 0 Å². The molecule has 2 fully saturated rings. The van der Waals surface area contributed by atoms with Gasteiger partial charge in [-0.3, -0.25) is 9.59 Å². The Hall–Kier alpha value is -3.29. The predicted octanol–water partition coefficient (Wildman–Crippen LogP) is 1.46. The van der Waals surface area contributed by atoms with Crippen molar-refractivity contribution < 1.29 is 23.5 Å². The summed E-state index contributed by atoms with van der Waals surface area (Å²) in [4.78, 5) is 39.9. The van der Waals surface area contributed by atoms with Gasteiger partial charge in [-0.15, -0.1) is 0 Å². The van der Waals surface area contributed by atoms with Crippen LogP contribution in [0.2, 0.25) is 0 Å². The van der Waals surface area contributed by atoms with E-state index in [4.69, 9.17) is 13.9 Å². The zero-order chi connectivity index (χ0) is 20.0. The normalized spacial score (nSPS) is 22.5. The summed E-state index contributed by atoms with van der Waals surface area (Å²) in [5, 5.41) is 0. The summed E-state index contributed by atoms with van der Waals surface area (Å²) < 4.78 is 15.5. The van der Waals surface area contributed by atoms with Crippen LogP contribution < -0.4 is 15.1 Å². The quantitative estimate of drug-likeness (QED) is 0.780. The van der Waals surface area contributed by atoms with Gasteiger partial charge < -0.3 is 23.7 Å². The van der Waals surface area contributed by atoms with Crippen LogP contribution in [0.4, 0.5) is 0 Å². The number of rotatable bonds is 3. The summed E-state index contributed by atoms with van der Waals surface area (Å²) in [6, 6.07) is 8.56. The summed E-state index contributed by atoms with van der Waals surface area (Å²) >= 11 is 0. The third kappa shape index (κ3) is 3.35. The highest BCUT2D eigenvalue weighted by Gasteiger charge is 2.46. The van der Waals surface area contributed by atoms with Gasteiger partial charge in [0.1, 0.15) is 6.26 Å². The minimum atomic E-state index is -0.488. The van der Waals surface area contributed by atoms with E-state index in [9.17, 15) is 14.4 Å². The molecule has 3 aliphatic rings. The van der Waals surface area contributed by atoms with Crippen LogP contribution in [-0.4, -0.2) is 54.6 Å². The largest absolute Gasteiger partial charge is 0.454 e. The van der Waals surface area contributed by atoms with E-state index in [0.29, 0.717) is 31.7 Å². The molecule has 5 rings (SSSR count). The lowest BCUT2D eigenvalue weighted by Crippen LogP contribution is -2.51. The molecule has 0 bridgehead atoms. The molecule has 8 nitrogen and oxygen atoms in total. The number of hydrogen-bond acceptors (Lipinski definition) is 6. The predicted molar refractivity (Wildman–Crippen MR) is 101 cm³/mol. The molecule has 150 valence electrons. The number of carbonyl (C=O) groups excluding carboxylic acids is 2. The molecule has 1 aromatic carbocycles. The maximum absolute atomic E-state index is 12.9. The molecule has 2 aromatic rings. The van der Waals surface area contributed by atoms with Gasteiger partial charge in [-0.2, -0.15) is 0 Å². The van der Waals surface area contributed by atoms with E-state index in [0.717, 1.165) is 23.5 Å². The summed E-state index contributed by atoms with van der Waals surface area (Å²) in [6.07, 6.45) is 2.02. The molecule has 1 saturated heterocycles. The van der Waals surface area contributed by atoms with Crippen LogP contribution in [0.3, 0.4) is 0 Å². The molecule has 2 aliphatic heterocycles. The Morgan fingerprint density at radius 2 is 1.69 bits per heavy atom. The Bertz CT molecular complexity index is 1000. The molecule has 1 aliphatic carbocycles. The van der Waals surface area contributed by atoms with E-state index in [1.165, 1.54) is 18.4 Å². The zero-order valence-electron chi connectivity index (χ0n) is 15.7. The van der Waals surface area contributed by atoms with E-state index >= 15 is 0 Å². The average molecular weight is 396 g/mol. The van der Waals surface area contributed by atoms with E-state index in [-0.39, 0.29) is 30.4 Å². The smallest absolute Gasteiger partial charge is 0.335 e. The van der Waals surface area contributed by atoms with Crippen molar-refractivity contribution in [2.75, 3.05) is 33.0 Å². The highest BCUT2D eigenvalue weighted by atomic mass is 16.7.